The molecule has 2 amide bonds. The molecule has 0 fully saturated rings. The zero-order valence-corrected chi connectivity index (χ0v) is 28.3. The van der Waals surface area contributed by atoms with Crippen molar-refractivity contribution in [1.29, 1.82) is 0 Å². The normalized spacial score (nSPS) is 12.6. The van der Waals surface area contributed by atoms with E-state index in [0.29, 0.717) is 5.69 Å². The van der Waals surface area contributed by atoms with Crippen LogP contribution < -0.4 is 9.62 Å². The van der Waals surface area contributed by atoms with Gasteiger partial charge in [0.05, 0.1) is 10.6 Å². The fourth-order valence-corrected chi connectivity index (χ4v) is 6.63. The lowest BCUT2D eigenvalue weighted by atomic mass is 10.0. The van der Waals surface area contributed by atoms with Crippen LogP contribution in [0.15, 0.2) is 119 Å². The van der Waals surface area contributed by atoms with E-state index in [1.165, 1.54) is 17.0 Å². The van der Waals surface area contributed by atoms with Crippen LogP contribution in [-0.4, -0.2) is 43.8 Å². The Labute approximate surface area is 275 Å². The molecule has 0 aliphatic rings. The van der Waals surface area contributed by atoms with Gasteiger partial charge in [0.25, 0.3) is 10.0 Å². The third-order valence-corrected chi connectivity index (χ3v) is 10.1. The number of halogens is 1. The molecule has 0 unspecified atom stereocenters. The highest BCUT2D eigenvalue weighted by Gasteiger charge is 2.35. The topological polar surface area (TPSA) is 86.8 Å². The van der Waals surface area contributed by atoms with Crippen LogP contribution in [0.4, 0.5) is 5.69 Å². The molecule has 236 valence electrons. The number of nitrogens with zero attached hydrogens (tertiary/aromatic N) is 2. The highest BCUT2D eigenvalue weighted by Crippen LogP contribution is 2.26. The van der Waals surface area contributed by atoms with E-state index in [2.05, 4.69) is 21.2 Å². The molecule has 0 saturated carbocycles. The van der Waals surface area contributed by atoms with Crippen molar-refractivity contribution in [3.05, 3.63) is 130 Å². The van der Waals surface area contributed by atoms with Crippen molar-refractivity contribution in [1.82, 2.24) is 10.2 Å². The van der Waals surface area contributed by atoms with Gasteiger partial charge in [0.15, 0.2) is 0 Å². The van der Waals surface area contributed by atoms with Crippen molar-refractivity contribution in [2.45, 2.75) is 63.6 Å². The molecule has 4 aromatic rings. The van der Waals surface area contributed by atoms with Gasteiger partial charge < -0.3 is 10.2 Å². The molecule has 45 heavy (non-hydrogen) atoms. The van der Waals surface area contributed by atoms with E-state index < -0.39 is 28.5 Å². The average Bonchev–Trinajstić information content (AvgIpc) is 3.06. The minimum Gasteiger partial charge on any atom is -0.352 e. The summed E-state index contributed by atoms with van der Waals surface area (Å²) in [5.74, 6) is -0.777. The van der Waals surface area contributed by atoms with Gasteiger partial charge in [-0.05, 0) is 72.9 Å². The predicted octanol–water partition coefficient (Wildman–Crippen LogP) is 6.76. The number of carbonyl (C=O) groups excluding carboxylic acids is 2. The first-order valence-corrected chi connectivity index (χ1v) is 17.4. The first-order chi connectivity index (χ1) is 21.6. The Bertz CT molecular complexity index is 1650. The third-order valence-electron chi connectivity index (χ3n) is 7.78. The van der Waals surface area contributed by atoms with Crippen LogP contribution in [0, 0.1) is 0 Å². The zero-order valence-electron chi connectivity index (χ0n) is 25.9. The number of nitrogens with one attached hydrogen (secondary N) is 1. The van der Waals surface area contributed by atoms with Crippen LogP contribution in [0.5, 0.6) is 0 Å². The van der Waals surface area contributed by atoms with Gasteiger partial charge in [-0.1, -0.05) is 103 Å². The van der Waals surface area contributed by atoms with Crippen molar-refractivity contribution in [2.24, 2.45) is 0 Å². The molecular weight excluding hydrogens is 650 g/mol. The number of benzene rings is 4. The molecule has 0 aliphatic heterocycles. The van der Waals surface area contributed by atoms with Crippen molar-refractivity contribution in [3.63, 3.8) is 0 Å². The second-order valence-electron chi connectivity index (χ2n) is 11.0. The number of aryl methyl sites for hydroxylation is 1. The minimum atomic E-state index is -4.13. The van der Waals surface area contributed by atoms with Gasteiger partial charge in [0.1, 0.15) is 12.6 Å². The molecule has 4 aromatic carbocycles. The number of anilines is 1. The highest BCUT2D eigenvalue weighted by molar-refractivity contribution is 9.10. The van der Waals surface area contributed by atoms with E-state index in [0.717, 1.165) is 38.3 Å². The molecule has 4 rings (SSSR count). The average molecular weight is 691 g/mol. The Kier molecular flexibility index (Phi) is 12.0. The van der Waals surface area contributed by atoms with Crippen molar-refractivity contribution in [3.8, 4) is 0 Å². The van der Waals surface area contributed by atoms with Crippen LogP contribution in [-0.2, 0) is 39.0 Å². The van der Waals surface area contributed by atoms with Crippen LogP contribution >= 0.6 is 15.9 Å². The van der Waals surface area contributed by atoms with Crippen LogP contribution in [0.2, 0.25) is 0 Å². The van der Waals surface area contributed by atoms with Crippen LogP contribution in [0.1, 0.15) is 43.9 Å². The number of sulfonamides is 1. The lowest BCUT2D eigenvalue weighted by molar-refractivity contribution is -0.140. The number of hydrogen-bond donors (Lipinski definition) is 1. The maximum absolute atomic E-state index is 14.5. The molecule has 1 N–H and O–H groups in total. The molecular formula is C36H40BrN3O4S. The van der Waals surface area contributed by atoms with E-state index in [-0.39, 0.29) is 29.8 Å². The van der Waals surface area contributed by atoms with Gasteiger partial charge in [-0.25, -0.2) is 8.42 Å². The molecule has 0 saturated heterocycles. The summed E-state index contributed by atoms with van der Waals surface area (Å²) in [6, 6.07) is 31.4. The Balaban J connectivity index is 1.79. The summed E-state index contributed by atoms with van der Waals surface area (Å²) in [6.07, 6.45) is 1.78. The van der Waals surface area contributed by atoms with Crippen molar-refractivity contribution >= 4 is 43.5 Å². The quantitative estimate of drug-likeness (QED) is 0.159. The number of rotatable bonds is 14. The molecule has 0 bridgehead atoms. The summed E-state index contributed by atoms with van der Waals surface area (Å²) in [7, 11) is -4.13. The fraction of sp³-hybridized carbons (Fsp3) is 0.278. The minimum absolute atomic E-state index is 0.0761. The molecule has 0 heterocycles. The highest BCUT2D eigenvalue weighted by atomic mass is 79.9. The molecule has 0 radical (unpaired) electrons. The second kappa shape index (κ2) is 15.9. The van der Waals surface area contributed by atoms with Crippen molar-refractivity contribution < 1.29 is 18.0 Å². The lowest BCUT2D eigenvalue weighted by Gasteiger charge is -2.34. The standard InChI is InChI=1S/C36H40BrN3O4S/c1-4-27(3)38-36(42)34(24-29-12-8-6-9-13-29)39(25-30-16-20-31(37)21-17-30)35(41)26-40(32-22-18-28(5-2)19-23-32)45(43,44)33-14-10-7-11-15-33/h6-23,27,34H,4-5,24-26H2,1-3H3,(H,38,42)/t27-,34+/m1/s1. The van der Waals surface area contributed by atoms with Crippen LogP contribution in [0.3, 0.4) is 0 Å². The van der Waals surface area contributed by atoms with Gasteiger partial charge in [0, 0.05) is 23.5 Å². The molecule has 7 nitrogen and oxygen atoms in total. The van der Waals surface area contributed by atoms with Gasteiger partial charge >= 0.3 is 0 Å². The summed E-state index contributed by atoms with van der Waals surface area (Å²) >= 11 is 3.47. The van der Waals surface area contributed by atoms with Gasteiger partial charge in [0.2, 0.25) is 11.8 Å². The third kappa shape index (κ3) is 9.05. The summed E-state index contributed by atoms with van der Waals surface area (Å²) in [4.78, 5) is 30.0. The van der Waals surface area contributed by atoms with Gasteiger partial charge in [-0.2, -0.15) is 0 Å². The Morgan fingerprint density at radius 3 is 1.93 bits per heavy atom. The SMILES string of the molecule is CCc1ccc(N(CC(=O)N(Cc2ccc(Br)cc2)[C@@H](Cc2ccccc2)C(=O)N[C@H](C)CC)S(=O)(=O)c2ccccc2)cc1. The van der Waals surface area contributed by atoms with Crippen LogP contribution in [0.25, 0.3) is 0 Å². The lowest BCUT2D eigenvalue weighted by Crippen LogP contribution is -2.54. The van der Waals surface area contributed by atoms with Gasteiger partial charge in [-0.3, -0.25) is 13.9 Å². The Morgan fingerprint density at radius 1 is 0.778 bits per heavy atom. The van der Waals surface area contributed by atoms with Crippen molar-refractivity contribution in [2.75, 3.05) is 10.8 Å². The number of hydrogen-bond acceptors (Lipinski definition) is 4. The molecule has 0 aromatic heterocycles. The smallest absolute Gasteiger partial charge is 0.264 e. The number of carbonyl (C=O) groups is 2. The second-order valence-corrected chi connectivity index (χ2v) is 13.8. The number of amides is 2. The summed E-state index contributed by atoms with van der Waals surface area (Å²) in [5, 5.41) is 3.06. The first-order valence-electron chi connectivity index (χ1n) is 15.2. The Hall–Kier alpha value is -3.95. The summed E-state index contributed by atoms with van der Waals surface area (Å²) in [5.41, 5.74) is 3.12. The molecule has 2 atom stereocenters. The van der Waals surface area contributed by atoms with Gasteiger partial charge in [-0.15, -0.1) is 0 Å². The van der Waals surface area contributed by atoms with E-state index in [1.807, 2.05) is 87.5 Å². The maximum atomic E-state index is 14.5. The van der Waals surface area contributed by atoms with E-state index >= 15 is 0 Å². The predicted molar refractivity (Wildman–Crippen MR) is 183 cm³/mol. The largest absolute Gasteiger partial charge is 0.352 e. The molecule has 0 aliphatic carbocycles. The first kappa shape index (κ1) is 33.9. The molecule has 9 heteroatoms. The monoisotopic (exact) mass is 689 g/mol. The van der Waals surface area contributed by atoms with E-state index in [1.54, 1.807) is 30.3 Å². The fourth-order valence-electron chi connectivity index (χ4n) is 4.93. The van der Waals surface area contributed by atoms with E-state index in [4.69, 9.17) is 0 Å². The zero-order chi connectivity index (χ0) is 32.4. The Morgan fingerprint density at radius 2 is 1.36 bits per heavy atom. The molecule has 0 spiro atoms. The summed E-state index contributed by atoms with van der Waals surface area (Å²) in [6.45, 7) is 5.56. The summed E-state index contributed by atoms with van der Waals surface area (Å²) < 4.78 is 30.2. The van der Waals surface area contributed by atoms with E-state index in [9.17, 15) is 18.0 Å². The maximum Gasteiger partial charge on any atom is 0.264 e.